The Kier molecular flexibility index (Phi) is 5.67. The molecule has 4 heteroatoms. The van der Waals surface area contributed by atoms with Gasteiger partial charge in [0.05, 0.1) is 0 Å². The Morgan fingerprint density at radius 3 is 3.00 bits per heavy atom. The van der Waals surface area contributed by atoms with E-state index in [9.17, 15) is 0 Å². The van der Waals surface area contributed by atoms with Gasteiger partial charge in [0.2, 0.25) is 0 Å². The molecule has 0 radical (unpaired) electrons. The van der Waals surface area contributed by atoms with E-state index in [1.54, 1.807) is 0 Å². The lowest BCUT2D eigenvalue weighted by molar-refractivity contribution is 0.137. The topological polar surface area (TPSA) is 15.3 Å². The van der Waals surface area contributed by atoms with Crippen molar-refractivity contribution in [3.8, 4) is 0 Å². The first-order chi connectivity index (χ1) is 8.65. The summed E-state index contributed by atoms with van der Waals surface area (Å²) in [7, 11) is 0. The minimum Gasteiger partial charge on any atom is -0.313 e. The van der Waals surface area contributed by atoms with Gasteiger partial charge in [-0.05, 0) is 41.4 Å². The number of piperidine rings is 1. The van der Waals surface area contributed by atoms with Crippen LogP contribution in [0.2, 0.25) is 0 Å². The number of rotatable bonds is 5. The van der Waals surface area contributed by atoms with E-state index in [1.807, 2.05) is 11.3 Å². The van der Waals surface area contributed by atoms with Crippen LogP contribution in [0.25, 0.3) is 0 Å². The molecule has 1 aromatic rings. The first-order valence-electron chi connectivity index (χ1n) is 6.85. The van der Waals surface area contributed by atoms with Crippen molar-refractivity contribution in [2.24, 2.45) is 0 Å². The van der Waals surface area contributed by atoms with E-state index in [0.717, 1.165) is 13.1 Å². The van der Waals surface area contributed by atoms with Crippen molar-refractivity contribution in [1.82, 2.24) is 10.2 Å². The van der Waals surface area contributed by atoms with E-state index in [4.69, 9.17) is 0 Å². The zero-order chi connectivity index (χ0) is 13.0. The number of halogens is 1. The molecule has 2 rings (SSSR count). The minimum atomic E-state index is 0.588. The fourth-order valence-electron chi connectivity index (χ4n) is 2.51. The maximum Gasteiger partial charge on any atom is 0.0331 e. The summed E-state index contributed by atoms with van der Waals surface area (Å²) in [4.78, 5) is 4.12. The molecular weight excluding hydrogens is 308 g/mol. The molecule has 1 fully saturated rings. The Hall–Kier alpha value is 0.1000. The first kappa shape index (κ1) is 14.5. The summed E-state index contributed by atoms with van der Waals surface area (Å²) in [5.74, 6) is 0. The molecule has 1 saturated heterocycles. The van der Waals surface area contributed by atoms with Crippen LogP contribution >= 0.6 is 27.3 Å². The summed E-state index contributed by atoms with van der Waals surface area (Å²) in [6.45, 7) is 7.94. The van der Waals surface area contributed by atoms with Crippen LogP contribution in [0.4, 0.5) is 0 Å². The molecule has 0 aromatic carbocycles. The molecule has 0 aliphatic carbocycles. The zero-order valence-electron chi connectivity index (χ0n) is 11.3. The lowest BCUT2D eigenvalue weighted by Gasteiger charge is -2.36. The average Bonchev–Trinajstić information content (AvgIpc) is 2.73. The Bertz CT molecular complexity index is 364. The van der Waals surface area contributed by atoms with Gasteiger partial charge in [-0.25, -0.2) is 0 Å². The summed E-state index contributed by atoms with van der Waals surface area (Å²) >= 11 is 5.40. The second-order valence-corrected chi connectivity index (χ2v) is 7.33. The second-order valence-electron chi connectivity index (χ2n) is 5.41. The Morgan fingerprint density at radius 2 is 2.33 bits per heavy atom. The van der Waals surface area contributed by atoms with Gasteiger partial charge in [-0.3, -0.25) is 4.90 Å². The average molecular weight is 331 g/mol. The number of nitrogens with zero attached hydrogens (tertiary/aromatic N) is 1. The molecule has 0 spiro atoms. The normalized spacial score (nSPS) is 21.7. The molecule has 0 amide bonds. The third kappa shape index (κ3) is 4.34. The maximum atomic E-state index is 3.59. The predicted molar refractivity (Wildman–Crippen MR) is 83.2 cm³/mol. The van der Waals surface area contributed by atoms with E-state index >= 15 is 0 Å². The van der Waals surface area contributed by atoms with Crippen molar-refractivity contribution in [3.63, 3.8) is 0 Å². The molecule has 2 heterocycles. The van der Waals surface area contributed by atoms with E-state index in [2.05, 4.69) is 51.4 Å². The van der Waals surface area contributed by atoms with E-state index in [-0.39, 0.29) is 0 Å². The highest BCUT2D eigenvalue weighted by Crippen LogP contribution is 2.24. The number of nitrogens with one attached hydrogen (secondary N) is 1. The highest BCUT2D eigenvalue weighted by molar-refractivity contribution is 9.10. The van der Waals surface area contributed by atoms with Gasteiger partial charge in [0.15, 0.2) is 0 Å². The van der Waals surface area contributed by atoms with Crippen LogP contribution in [0.1, 0.15) is 38.0 Å². The van der Waals surface area contributed by atoms with Gasteiger partial charge in [-0.15, -0.1) is 11.3 Å². The van der Waals surface area contributed by atoms with Crippen molar-refractivity contribution < 1.29 is 0 Å². The quantitative estimate of drug-likeness (QED) is 0.881. The zero-order valence-corrected chi connectivity index (χ0v) is 13.7. The highest BCUT2D eigenvalue weighted by atomic mass is 79.9. The lowest BCUT2D eigenvalue weighted by Crippen LogP contribution is -2.46. The van der Waals surface area contributed by atoms with Gasteiger partial charge in [-0.1, -0.05) is 20.3 Å². The van der Waals surface area contributed by atoms with E-state index in [0.29, 0.717) is 12.1 Å². The largest absolute Gasteiger partial charge is 0.313 e. The van der Waals surface area contributed by atoms with Gasteiger partial charge in [-0.2, -0.15) is 0 Å². The maximum absolute atomic E-state index is 3.59. The molecule has 1 atom stereocenters. The first-order valence-corrected chi connectivity index (χ1v) is 8.53. The van der Waals surface area contributed by atoms with Crippen molar-refractivity contribution in [3.05, 3.63) is 20.8 Å². The molecule has 1 aliphatic rings. The Labute approximate surface area is 123 Å². The molecule has 0 bridgehead atoms. The summed E-state index contributed by atoms with van der Waals surface area (Å²) in [6.07, 6.45) is 4.08. The van der Waals surface area contributed by atoms with Gasteiger partial charge in [0.1, 0.15) is 0 Å². The van der Waals surface area contributed by atoms with E-state index in [1.165, 1.54) is 35.2 Å². The number of hydrogen-bond donors (Lipinski definition) is 1. The fraction of sp³-hybridized carbons (Fsp3) is 0.714. The number of thiophene rings is 1. The van der Waals surface area contributed by atoms with E-state index < -0.39 is 0 Å². The van der Waals surface area contributed by atoms with Crippen LogP contribution in [0, 0.1) is 0 Å². The molecule has 1 N–H and O–H groups in total. The van der Waals surface area contributed by atoms with Crippen molar-refractivity contribution >= 4 is 27.3 Å². The Balaban J connectivity index is 1.90. The third-order valence-electron chi connectivity index (χ3n) is 3.49. The van der Waals surface area contributed by atoms with Gasteiger partial charge in [0.25, 0.3) is 0 Å². The Morgan fingerprint density at radius 1 is 1.50 bits per heavy atom. The van der Waals surface area contributed by atoms with Crippen LogP contribution in [0.3, 0.4) is 0 Å². The molecule has 0 saturated carbocycles. The summed E-state index contributed by atoms with van der Waals surface area (Å²) < 4.78 is 1.22. The number of hydrogen-bond acceptors (Lipinski definition) is 3. The molecule has 18 heavy (non-hydrogen) atoms. The van der Waals surface area contributed by atoms with Crippen molar-refractivity contribution in [1.29, 1.82) is 0 Å². The second kappa shape index (κ2) is 7.04. The molecule has 1 aromatic heterocycles. The van der Waals surface area contributed by atoms with Gasteiger partial charge < -0.3 is 5.32 Å². The van der Waals surface area contributed by atoms with Gasteiger partial charge >= 0.3 is 0 Å². The van der Waals surface area contributed by atoms with Crippen LogP contribution in [-0.2, 0) is 6.54 Å². The van der Waals surface area contributed by atoms with Crippen LogP contribution in [0.15, 0.2) is 15.9 Å². The van der Waals surface area contributed by atoms with Crippen LogP contribution in [0.5, 0.6) is 0 Å². The molecular formula is C14H23BrN2S. The molecule has 1 unspecified atom stereocenters. The molecule has 102 valence electrons. The van der Waals surface area contributed by atoms with Crippen LogP contribution < -0.4 is 5.32 Å². The van der Waals surface area contributed by atoms with Crippen molar-refractivity contribution in [2.45, 2.75) is 51.7 Å². The molecule has 2 nitrogen and oxygen atoms in total. The third-order valence-corrected chi connectivity index (χ3v) is 5.17. The van der Waals surface area contributed by atoms with Crippen LogP contribution in [-0.4, -0.2) is 30.1 Å². The molecule has 1 aliphatic heterocycles. The minimum absolute atomic E-state index is 0.588. The summed E-state index contributed by atoms with van der Waals surface area (Å²) in [6, 6.07) is 3.55. The van der Waals surface area contributed by atoms with Crippen molar-refractivity contribution in [2.75, 3.05) is 13.1 Å². The fourth-order valence-corrected chi connectivity index (χ4v) is 3.98. The lowest BCUT2D eigenvalue weighted by atomic mass is 10.0. The SMILES string of the molecule is CC(C)NCC1CCCCN1Cc1cc(Br)cs1. The summed E-state index contributed by atoms with van der Waals surface area (Å²) in [5.41, 5.74) is 0. The summed E-state index contributed by atoms with van der Waals surface area (Å²) in [5, 5.41) is 5.77. The highest BCUT2D eigenvalue weighted by Gasteiger charge is 2.22. The number of likely N-dealkylation sites (tertiary alicyclic amines) is 1. The smallest absolute Gasteiger partial charge is 0.0331 e. The van der Waals surface area contributed by atoms with Gasteiger partial charge in [0, 0.05) is 39.9 Å². The standard InChI is InChI=1S/C14H23BrN2S/c1-11(2)16-8-13-5-3-4-6-17(13)9-14-7-12(15)10-18-14/h7,10-11,13,16H,3-6,8-9H2,1-2H3. The monoisotopic (exact) mass is 330 g/mol. The predicted octanol–water partition coefficient (Wildman–Crippen LogP) is 3.86.